The summed E-state index contributed by atoms with van der Waals surface area (Å²) in [5, 5.41) is 11.6. The number of carbonyl (C=O) groups excluding carboxylic acids is 1. The number of anilines is 1. The first kappa shape index (κ1) is 25.5. The van der Waals surface area contributed by atoms with Crippen LogP contribution in [0.2, 0.25) is 5.02 Å². The van der Waals surface area contributed by atoms with Crippen molar-refractivity contribution in [1.29, 1.82) is 0 Å². The third kappa shape index (κ3) is 5.10. The van der Waals surface area contributed by atoms with Gasteiger partial charge < -0.3 is 14.4 Å². The lowest BCUT2D eigenvalue weighted by atomic mass is 9.97. The number of nitrogens with zero attached hydrogens (tertiary/aromatic N) is 6. The van der Waals surface area contributed by atoms with E-state index in [1.165, 1.54) is 0 Å². The van der Waals surface area contributed by atoms with E-state index in [2.05, 4.69) is 30.6 Å². The Hall–Kier alpha value is -2.79. The van der Waals surface area contributed by atoms with Crippen molar-refractivity contribution in [3.05, 3.63) is 58.1 Å². The monoisotopic (exact) mass is 554 g/mol. The first-order valence-corrected chi connectivity index (χ1v) is 14.3. The van der Waals surface area contributed by atoms with E-state index in [0.29, 0.717) is 18.2 Å². The molecular formula is C27H31ClN6O3S. The number of esters is 1. The maximum absolute atomic E-state index is 12.7. The number of piperidine rings is 1. The van der Waals surface area contributed by atoms with Crippen molar-refractivity contribution in [1.82, 2.24) is 19.7 Å². The van der Waals surface area contributed by atoms with E-state index in [4.69, 9.17) is 26.1 Å². The highest BCUT2D eigenvalue weighted by Crippen LogP contribution is 2.39. The number of aromatic nitrogens is 3. The Morgan fingerprint density at radius 1 is 1.13 bits per heavy atom. The van der Waals surface area contributed by atoms with Crippen molar-refractivity contribution in [3.63, 3.8) is 0 Å². The molecule has 1 aromatic carbocycles. The van der Waals surface area contributed by atoms with Gasteiger partial charge in [-0.15, -0.1) is 10.2 Å². The maximum Gasteiger partial charge on any atom is 0.309 e. The zero-order valence-electron chi connectivity index (χ0n) is 21.4. The van der Waals surface area contributed by atoms with Gasteiger partial charge in [0.2, 0.25) is 0 Å². The molecule has 0 amide bonds. The number of fused-ring (bicyclic) bond motifs is 3. The van der Waals surface area contributed by atoms with Crippen LogP contribution in [0, 0.1) is 12.8 Å². The number of aliphatic imine (C=N–C) groups is 1. The molecule has 0 N–H and O–H groups in total. The van der Waals surface area contributed by atoms with Crippen LogP contribution in [0.5, 0.6) is 0 Å². The summed E-state index contributed by atoms with van der Waals surface area (Å²) in [6, 6.07) is 10.0. The van der Waals surface area contributed by atoms with Crippen molar-refractivity contribution in [2.75, 3.05) is 57.4 Å². The van der Waals surface area contributed by atoms with Crippen molar-refractivity contribution in [2.45, 2.75) is 26.3 Å². The van der Waals surface area contributed by atoms with Crippen LogP contribution < -0.4 is 4.90 Å². The Balaban J connectivity index is 1.17. The second kappa shape index (κ2) is 11.1. The lowest BCUT2D eigenvalue weighted by molar-refractivity contribution is -0.149. The number of thiophene rings is 1. The normalized spacial score (nSPS) is 18.5. The van der Waals surface area contributed by atoms with E-state index in [9.17, 15) is 4.79 Å². The number of halogens is 1. The average molecular weight is 555 g/mol. The Morgan fingerprint density at radius 3 is 2.71 bits per heavy atom. The minimum absolute atomic E-state index is 0.0549. The van der Waals surface area contributed by atoms with Crippen LogP contribution in [0.15, 0.2) is 35.3 Å². The smallest absolute Gasteiger partial charge is 0.309 e. The number of morpholine rings is 1. The summed E-state index contributed by atoms with van der Waals surface area (Å²) in [5.41, 5.74) is 2.82. The topological polar surface area (TPSA) is 85.1 Å². The molecule has 0 radical (unpaired) electrons. The van der Waals surface area contributed by atoms with Gasteiger partial charge in [-0.3, -0.25) is 19.3 Å². The fraction of sp³-hybridized carbons (Fsp3) is 0.481. The van der Waals surface area contributed by atoms with Crippen molar-refractivity contribution in [3.8, 4) is 5.00 Å². The van der Waals surface area contributed by atoms with Gasteiger partial charge in [-0.2, -0.15) is 0 Å². The van der Waals surface area contributed by atoms with Gasteiger partial charge in [0.1, 0.15) is 24.0 Å². The Labute approximate surface area is 231 Å². The van der Waals surface area contributed by atoms with E-state index in [1.54, 1.807) is 11.3 Å². The van der Waals surface area contributed by atoms with Crippen molar-refractivity contribution in [2.24, 2.45) is 10.9 Å². The standard InChI is InChI=1S/C27H31ClN6O3S/c1-18-30-31-23-17-29-25(20-4-2-3-5-22(20)28)21-16-24(38-26(21)34(18)23)33-8-6-19(7-9-33)27(35)37-15-12-32-10-13-36-14-11-32/h2-5,16,19H,6-15,17H2,1H3. The van der Waals surface area contributed by atoms with Gasteiger partial charge in [-0.05, 0) is 31.9 Å². The largest absolute Gasteiger partial charge is 0.464 e. The molecule has 0 spiro atoms. The highest BCUT2D eigenvalue weighted by atomic mass is 35.5. The second-order valence-electron chi connectivity index (χ2n) is 9.83. The van der Waals surface area contributed by atoms with Crippen LogP contribution in [0.1, 0.15) is 35.6 Å². The second-order valence-corrected chi connectivity index (χ2v) is 11.2. The number of rotatable bonds is 6. The Kier molecular flexibility index (Phi) is 7.47. The Bertz CT molecular complexity index is 1340. The molecule has 11 heteroatoms. The first-order valence-electron chi connectivity index (χ1n) is 13.1. The third-order valence-electron chi connectivity index (χ3n) is 7.45. The highest BCUT2D eigenvalue weighted by molar-refractivity contribution is 7.19. The zero-order chi connectivity index (χ0) is 26.1. The summed E-state index contributed by atoms with van der Waals surface area (Å²) >= 11 is 8.31. The molecular weight excluding hydrogens is 524 g/mol. The third-order valence-corrected chi connectivity index (χ3v) is 8.96. The molecule has 0 unspecified atom stereocenters. The summed E-state index contributed by atoms with van der Waals surface area (Å²) < 4.78 is 13.1. The summed E-state index contributed by atoms with van der Waals surface area (Å²) in [4.78, 5) is 22.3. The molecule has 3 aliphatic heterocycles. The van der Waals surface area contributed by atoms with Crippen LogP contribution >= 0.6 is 22.9 Å². The van der Waals surface area contributed by atoms with E-state index in [0.717, 1.165) is 97.3 Å². The molecule has 3 aliphatic rings. The van der Waals surface area contributed by atoms with Crippen LogP contribution in [0.25, 0.3) is 5.00 Å². The van der Waals surface area contributed by atoms with Gasteiger partial charge in [0.05, 0.1) is 29.8 Å². The zero-order valence-corrected chi connectivity index (χ0v) is 23.0. The van der Waals surface area contributed by atoms with E-state index >= 15 is 0 Å². The van der Waals surface area contributed by atoms with E-state index in [-0.39, 0.29) is 11.9 Å². The molecule has 3 aromatic rings. The molecule has 2 aromatic heterocycles. The Morgan fingerprint density at radius 2 is 1.92 bits per heavy atom. The van der Waals surface area contributed by atoms with E-state index in [1.807, 2.05) is 31.2 Å². The van der Waals surface area contributed by atoms with Gasteiger partial charge in [-0.25, -0.2) is 0 Å². The molecule has 0 aliphatic carbocycles. The number of hydrogen-bond donors (Lipinski definition) is 0. The quantitative estimate of drug-likeness (QED) is 0.429. The molecule has 0 saturated carbocycles. The van der Waals surface area contributed by atoms with Gasteiger partial charge in [0.15, 0.2) is 5.82 Å². The fourth-order valence-electron chi connectivity index (χ4n) is 5.31. The van der Waals surface area contributed by atoms with Gasteiger partial charge in [-0.1, -0.05) is 41.1 Å². The minimum Gasteiger partial charge on any atom is -0.464 e. The SMILES string of the molecule is Cc1nnc2n1-c1sc(N3CCC(C(=O)OCCN4CCOCC4)CC3)cc1C(c1ccccc1Cl)=NC2. The van der Waals surface area contributed by atoms with Gasteiger partial charge >= 0.3 is 5.97 Å². The van der Waals surface area contributed by atoms with Crippen LogP contribution in [-0.2, 0) is 20.8 Å². The number of carbonyl (C=O) groups is 1. The lowest BCUT2D eigenvalue weighted by Crippen LogP contribution is -2.40. The van der Waals surface area contributed by atoms with Crippen molar-refractivity contribution < 1.29 is 14.3 Å². The molecule has 0 bridgehead atoms. The lowest BCUT2D eigenvalue weighted by Gasteiger charge is -2.31. The molecule has 0 atom stereocenters. The predicted octanol–water partition coefficient (Wildman–Crippen LogP) is 3.73. The van der Waals surface area contributed by atoms with Crippen LogP contribution in [0.3, 0.4) is 0 Å². The molecule has 6 rings (SSSR count). The predicted molar refractivity (Wildman–Crippen MR) is 148 cm³/mol. The minimum atomic E-state index is -0.0715. The molecule has 5 heterocycles. The number of aryl methyl sites for hydroxylation is 1. The maximum atomic E-state index is 12.7. The van der Waals surface area contributed by atoms with E-state index < -0.39 is 0 Å². The average Bonchev–Trinajstić information content (AvgIpc) is 3.50. The molecule has 9 nitrogen and oxygen atoms in total. The number of ether oxygens (including phenoxy) is 2. The summed E-state index contributed by atoms with van der Waals surface area (Å²) in [7, 11) is 0. The van der Waals surface area contributed by atoms with Gasteiger partial charge in [0.25, 0.3) is 0 Å². The van der Waals surface area contributed by atoms with Crippen LogP contribution in [-0.4, -0.2) is 83.9 Å². The summed E-state index contributed by atoms with van der Waals surface area (Å²) in [6.45, 7) is 8.54. The first-order chi connectivity index (χ1) is 18.6. The molecule has 200 valence electrons. The summed E-state index contributed by atoms with van der Waals surface area (Å²) in [6.07, 6.45) is 1.56. The fourth-order valence-corrected chi connectivity index (χ4v) is 6.81. The molecule has 38 heavy (non-hydrogen) atoms. The molecule has 2 saturated heterocycles. The van der Waals surface area contributed by atoms with Gasteiger partial charge in [0, 0.05) is 48.9 Å². The molecule has 2 fully saturated rings. The number of benzene rings is 1. The van der Waals surface area contributed by atoms with Crippen LogP contribution in [0.4, 0.5) is 5.00 Å². The number of hydrogen-bond acceptors (Lipinski definition) is 9. The van der Waals surface area contributed by atoms with Crippen molar-refractivity contribution >= 4 is 39.6 Å². The summed E-state index contributed by atoms with van der Waals surface area (Å²) in [5.74, 6) is 1.53. The highest BCUT2D eigenvalue weighted by Gasteiger charge is 2.30.